The second-order valence-corrected chi connectivity index (χ2v) is 4.95. The molecule has 4 nitrogen and oxygen atoms in total. The van der Waals surface area contributed by atoms with Crippen molar-refractivity contribution in [2.75, 3.05) is 40.6 Å². The third-order valence-electron chi connectivity index (χ3n) is 3.44. The smallest absolute Gasteiger partial charge is 0.0767 e. The molecule has 1 aromatic rings. The lowest BCUT2D eigenvalue weighted by Crippen LogP contribution is -2.31. The zero-order valence-electron chi connectivity index (χ0n) is 13.5. The first kappa shape index (κ1) is 18.1. The van der Waals surface area contributed by atoms with Crippen LogP contribution in [0.15, 0.2) is 30.3 Å². The van der Waals surface area contributed by atoms with E-state index in [0.717, 1.165) is 26.1 Å². The van der Waals surface area contributed by atoms with Crippen LogP contribution in [0.3, 0.4) is 0 Å². The highest BCUT2D eigenvalue weighted by Gasteiger charge is 2.20. The van der Waals surface area contributed by atoms with Crippen LogP contribution < -0.4 is 5.32 Å². The van der Waals surface area contributed by atoms with E-state index in [1.807, 2.05) is 13.1 Å². The highest BCUT2D eigenvalue weighted by Crippen LogP contribution is 2.21. The first-order chi connectivity index (χ1) is 10.3. The third kappa shape index (κ3) is 7.05. The molecule has 0 saturated heterocycles. The molecule has 0 aliphatic heterocycles. The molecule has 1 aromatic carbocycles. The second kappa shape index (κ2) is 11.7. The van der Waals surface area contributed by atoms with Crippen molar-refractivity contribution in [3.8, 4) is 0 Å². The number of methoxy groups -OCH3 is 1. The summed E-state index contributed by atoms with van der Waals surface area (Å²) < 4.78 is 16.4. The Morgan fingerprint density at radius 1 is 1.05 bits per heavy atom. The van der Waals surface area contributed by atoms with Crippen LogP contribution in [-0.4, -0.2) is 46.7 Å². The molecule has 2 atom stereocenters. The second-order valence-electron chi connectivity index (χ2n) is 4.95. The SMILES string of the molecule is CCC(OCCCOCCOC)C(NC)c1ccccc1. The molecular formula is C17H29NO3. The molecular weight excluding hydrogens is 266 g/mol. The molecule has 4 heteroatoms. The van der Waals surface area contributed by atoms with E-state index in [4.69, 9.17) is 14.2 Å². The first-order valence-corrected chi connectivity index (χ1v) is 7.74. The van der Waals surface area contributed by atoms with Crippen LogP contribution in [0.5, 0.6) is 0 Å². The molecule has 0 aliphatic carbocycles. The van der Waals surface area contributed by atoms with Crippen LogP contribution in [0.2, 0.25) is 0 Å². The fraction of sp³-hybridized carbons (Fsp3) is 0.647. The summed E-state index contributed by atoms with van der Waals surface area (Å²) in [6.07, 6.45) is 2.06. The number of hydrogen-bond donors (Lipinski definition) is 1. The number of likely N-dealkylation sites (N-methyl/N-ethyl adjacent to an activating group) is 1. The Morgan fingerprint density at radius 3 is 2.43 bits per heavy atom. The van der Waals surface area contributed by atoms with Crippen molar-refractivity contribution in [2.45, 2.75) is 31.9 Å². The van der Waals surface area contributed by atoms with Crippen molar-refractivity contribution in [3.63, 3.8) is 0 Å². The summed E-state index contributed by atoms with van der Waals surface area (Å²) in [5.74, 6) is 0. The molecule has 0 radical (unpaired) electrons. The molecule has 0 aromatic heterocycles. The molecule has 0 amide bonds. The van der Waals surface area contributed by atoms with Crippen molar-refractivity contribution in [3.05, 3.63) is 35.9 Å². The van der Waals surface area contributed by atoms with Crippen LogP contribution in [-0.2, 0) is 14.2 Å². The summed E-state index contributed by atoms with van der Waals surface area (Å²) in [4.78, 5) is 0. The molecule has 2 unspecified atom stereocenters. The molecule has 0 spiro atoms. The summed E-state index contributed by atoms with van der Waals surface area (Å²) in [6.45, 7) is 4.89. The van der Waals surface area contributed by atoms with Crippen LogP contribution >= 0.6 is 0 Å². The summed E-state index contributed by atoms with van der Waals surface area (Å²) in [7, 11) is 3.66. The van der Waals surface area contributed by atoms with Gasteiger partial charge in [-0.15, -0.1) is 0 Å². The maximum atomic E-state index is 6.03. The minimum absolute atomic E-state index is 0.177. The maximum absolute atomic E-state index is 6.03. The van der Waals surface area contributed by atoms with Gasteiger partial charge < -0.3 is 19.5 Å². The quantitative estimate of drug-likeness (QED) is 0.602. The van der Waals surface area contributed by atoms with Gasteiger partial charge in [0.25, 0.3) is 0 Å². The van der Waals surface area contributed by atoms with E-state index in [9.17, 15) is 0 Å². The van der Waals surface area contributed by atoms with Crippen LogP contribution in [0, 0.1) is 0 Å². The summed E-state index contributed by atoms with van der Waals surface area (Å²) in [5, 5.41) is 3.37. The average molecular weight is 295 g/mol. The van der Waals surface area contributed by atoms with Crippen molar-refractivity contribution < 1.29 is 14.2 Å². The highest BCUT2D eigenvalue weighted by molar-refractivity contribution is 5.20. The minimum Gasteiger partial charge on any atom is -0.382 e. The van der Waals surface area contributed by atoms with Crippen molar-refractivity contribution in [1.82, 2.24) is 5.32 Å². The topological polar surface area (TPSA) is 39.7 Å². The van der Waals surface area contributed by atoms with Crippen LogP contribution in [0.1, 0.15) is 31.4 Å². The number of rotatable bonds is 12. The predicted molar refractivity (Wildman–Crippen MR) is 85.6 cm³/mol. The Labute approximate surface area is 128 Å². The van der Waals surface area contributed by atoms with E-state index in [1.54, 1.807) is 7.11 Å². The fourth-order valence-electron chi connectivity index (χ4n) is 2.32. The van der Waals surface area contributed by atoms with Crippen molar-refractivity contribution in [2.24, 2.45) is 0 Å². The zero-order chi connectivity index (χ0) is 15.3. The molecule has 120 valence electrons. The molecule has 21 heavy (non-hydrogen) atoms. The Bertz CT molecular complexity index is 345. The van der Waals surface area contributed by atoms with Gasteiger partial charge in [0.15, 0.2) is 0 Å². The van der Waals surface area contributed by atoms with Gasteiger partial charge in [-0.2, -0.15) is 0 Å². The Balaban J connectivity index is 2.32. The minimum atomic E-state index is 0.177. The van der Waals surface area contributed by atoms with Gasteiger partial charge in [0.05, 0.1) is 25.4 Å². The van der Waals surface area contributed by atoms with E-state index in [2.05, 4.69) is 36.5 Å². The Hall–Kier alpha value is -0.940. The van der Waals surface area contributed by atoms with Crippen LogP contribution in [0.4, 0.5) is 0 Å². The molecule has 0 fully saturated rings. The molecule has 1 rings (SSSR count). The zero-order valence-corrected chi connectivity index (χ0v) is 13.5. The van der Waals surface area contributed by atoms with Gasteiger partial charge in [0.2, 0.25) is 0 Å². The normalized spacial score (nSPS) is 14.0. The van der Waals surface area contributed by atoms with Gasteiger partial charge in [-0.05, 0) is 25.5 Å². The molecule has 0 bridgehead atoms. The number of hydrogen-bond acceptors (Lipinski definition) is 4. The van der Waals surface area contributed by atoms with E-state index in [-0.39, 0.29) is 12.1 Å². The van der Waals surface area contributed by atoms with E-state index in [1.165, 1.54) is 5.56 Å². The van der Waals surface area contributed by atoms with Gasteiger partial charge in [-0.25, -0.2) is 0 Å². The summed E-state index contributed by atoms with van der Waals surface area (Å²) in [5.41, 5.74) is 1.27. The lowest BCUT2D eigenvalue weighted by Gasteiger charge is -2.26. The molecule has 1 N–H and O–H groups in total. The van der Waals surface area contributed by atoms with E-state index in [0.29, 0.717) is 13.2 Å². The van der Waals surface area contributed by atoms with E-state index >= 15 is 0 Å². The number of nitrogens with one attached hydrogen (secondary N) is 1. The van der Waals surface area contributed by atoms with E-state index < -0.39 is 0 Å². The lowest BCUT2D eigenvalue weighted by atomic mass is 10.00. The predicted octanol–water partition coefficient (Wildman–Crippen LogP) is 2.80. The summed E-state index contributed by atoms with van der Waals surface area (Å²) >= 11 is 0. The van der Waals surface area contributed by atoms with Gasteiger partial charge >= 0.3 is 0 Å². The Morgan fingerprint density at radius 2 is 1.81 bits per heavy atom. The number of ether oxygens (including phenoxy) is 3. The maximum Gasteiger partial charge on any atom is 0.0767 e. The monoisotopic (exact) mass is 295 g/mol. The third-order valence-corrected chi connectivity index (χ3v) is 3.44. The highest BCUT2D eigenvalue weighted by atomic mass is 16.5. The standard InChI is InChI=1S/C17H29NO3/c1-4-16(21-12-8-11-20-14-13-19-3)17(18-2)15-9-6-5-7-10-15/h5-7,9-10,16-18H,4,8,11-14H2,1-3H3. The van der Waals surface area contributed by atoms with Gasteiger partial charge in [0, 0.05) is 20.3 Å². The first-order valence-electron chi connectivity index (χ1n) is 7.74. The average Bonchev–Trinajstić information content (AvgIpc) is 2.54. The van der Waals surface area contributed by atoms with Crippen molar-refractivity contribution >= 4 is 0 Å². The molecule has 0 heterocycles. The lowest BCUT2D eigenvalue weighted by molar-refractivity contribution is 0.00591. The fourth-order valence-corrected chi connectivity index (χ4v) is 2.32. The summed E-state index contributed by atoms with van der Waals surface area (Å²) in [6, 6.07) is 10.7. The van der Waals surface area contributed by atoms with Gasteiger partial charge in [-0.1, -0.05) is 37.3 Å². The van der Waals surface area contributed by atoms with Crippen LogP contribution in [0.25, 0.3) is 0 Å². The van der Waals surface area contributed by atoms with Crippen molar-refractivity contribution in [1.29, 1.82) is 0 Å². The largest absolute Gasteiger partial charge is 0.382 e. The molecule has 0 saturated carbocycles. The van der Waals surface area contributed by atoms with Gasteiger partial charge in [0.1, 0.15) is 0 Å². The Kier molecular flexibility index (Phi) is 10.1. The number of benzene rings is 1. The van der Waals surface area contributed by atoms with Gasteiger partial charge in [-0.3, -0.25) is 0 Å². The molecule has 0 aliphatic rings.